The number of carbonyl (C=O) groups is 2. The van der Waals surface area contributed by atoms with Gasteiger partial charge in [0.1, 0.15) is 11.9 Å². The molecule has 1 aliphatic carbocycles. The number of thioether (sulfide) groups is 1. The Kier molecular flexibility index (Phi) is 10.1. The monoisotopic (exact) mass is 490 g/mol. The van der Waals surface area contributed by atoms with E-state index in [1.54, 1.807) is 35.2 Å². The first-order chi connectivity index (χ1) is 16.0. The van der Waals surface area contributed by atoms with Crippen LogP contribution >= 0.6 is 23.4 Å². The molecule has 7 heteroatoms. The molecule has 4 nitrogen and oxygen atoms in total. The molecule has 0 spiro atoms. The molecular formula is C26H32ClFN2O2S. The summed E-state index contributed by atoms with van der Waals surface area (Å²) in [5.41, 5.74) is 1.48. The molecule has 33 heavy (non-hydrogen) atoms. The first-order valence-corrected chi connectivity index (χ1v) is 13.2. The van der Waals surface area contributed by atoms with Gasteiger partial charge in [-0.15, -0.1) is 11.8 Å². The van der Waals surface area contributed by atoms with Crippen molar-refractivity contribution in [3.05, 3.63) is 70.5 Å². The van der Waals surface area contributed by atoms with Gasteiger partial charge in [0.25, 0.3) is 0 Å². The van der Waals surface area contributed by atoms with Gasteiger partial charge in [-0.2, -0.15) is 0 Å². The summed E-state index contributed by atoms with van der Waals surface area (Å²) in [5, 5.41) is 3.80. The van der Waals surface area contributed by atoms with Crippen molar-refractivity contribution < 1.29 is 14.0 Å². The van der Waals surface area contributed by atoms with Crippen molar-refractivity contribution in [1.82, 2.24) is 10.2 Å². The normalized spacial score (nSPS) is 15.1. The topological polar surface area (TPSA) is 49.4 Å². The fraction of sp³-hybridized carbons (Fsp3) is 0.462. The van der Waals surface area contributed by atoms with Crippen LogP contribution in [0.2, 0.25) is 5.02 Å². The zero-order valence-electron chi connectivity index (χ0n) is 19.1. The Labute approximate surface area is 205 Å². The Morgan fingerprint density at radius 1 is 1.12 bits per heavy atom. The van der Waals surface area contributed by atoms with E-state index in [1.165, 1.54) is 24.2 Å². The van der Waals surface area contributed by atoms with E-state index in [-0.39, 0.29) is 29.4 Å². The molecule has 2 amide bonds. The molecule has 0 radical (unpaired) electrons. The van der Waals surface area contributed by atoms with Crippen molar-refractivity contribution >= 4 is 35.2 Å². The maximum absolute atomic E-state index is 13.9. The Bertz CT molecular complexity index is 919. The van der Waals surface area contributed by atoms with Gasteiger partial charge >= 0.3 is 0 Å². The van der Waals surface area contributed by atoms with Crippen LogP contribution in [0.1, 0.15) is 56.6 Å². The molecule has 1 saturated carbocycles. The number of carbonyl (C=O) groups excluding carboxylic acids is 2. The van der Waals surface area contributed by atoms with Crippen molar-refractivity contribution in [3.8, 4) is 0 Å². The van der Waals surface area contributed by atoms with E-state index in [1.807, 2.05) is 19.1 Å². The van der Waals surface area contributed by atoms with E-state index in [2.05, 4.69) is 5.32 Å². The lowest BCUT2D eigenvalue weighted by Crippen LogP contribution is -2.52. The maximum atomic E-state index is 13.9. The molecule has 2 aromatic carbocycles. The average molecular weight is 491 g/mol. The van der Waals surface area contributed by atoms with Crippen LogP contribution in [-0.2, 0) is 21.9 Å². The Morgan fingerprint density at radius 3 is 2.48 bits per heavy atom. The molecule has 0 heterocycles. The zero-order chi connectivity index (χ0) is 23.6. The third kappa shape index (κ3) is 7.75. The lowest BCUT2D eigenvalue weighted by molar-refractivity contribution is -0.139. The molecule has 1 atom stereocenters. The number of rotatable bonds is 10. The van der Waals surface area contributed by atoms with Gasteiger partial charge in [0.05, 0.1) is 5.75 Å². The minimum atomic E-state index is -0.552. The van der Waals surface area contributed by atoms with Crippen LogP contribution < -0.4 is 5.32 Å². The molecule has 0 saturated heterocycles. The second-order valence-corrected chi connectivity index (χ2v) is 9.92. The number of halogens is 2. The first kappa shape index (κ1) is 25.6. The van der Waals surface area contributed by atoms with E-state index in [4.69, 9.17) is 11.6 Å². The second-order valence-electron chi connectivity index (χ2n) is 8.50. The minimum absolute atomic E-state index is 0.0918. The van der Waals surface area contributed by atoms with Crippen molar-refractivity contribution in [2.45, 2.75) is 69.8 Å². The highest BCUT2D eigenvalue weighted by Crippen LogP contribution is 2.21. The molecule has 0 aromatic heterocycles. The summed E-state index contributed by atoms with van der Waals surface area (Å²) in [4.78, 5) is 28.1. The van der Waals surface area contributed by atoms with E-state index in [9.17, 15) is 14.0 Å². The molecule has 0 aliphatic heterocycles. The Hall–Kier alpha value is -2.05. The quantitative estimate of drug-likeness (QED) is 0.446. The highest BCUT2D eigenvalue weighted by molar-refractivity contribution is 7.99. The second kappa shape index (κ2) is 13.0. The van der Waals surface area contributed by atoms with Crippen molar-refractivity contribution in [2.24, 2.45) is 0 Å². The lowest BCUT2D eigenvalue weighted by Gasteiger charge is -2.32. The molecule has 1 aliphatic rings. The van der Waals surface area contributed by atoms with Gasteiger partial charge in [-0.3, -0.25) is 9.59 Å². The molecule has 1 fully saturated rings. The fourth-order valence-electron chi connectivity index (χ4n) is 4.20. The van der Waals surface area contributed by atoms with Crippen LogP contribution in [0.3, 0.4) is 0 Å². The number of nitrogens with zero attached hydrogens (tertiary/aromatic N) is 1. The highest BCUT2D eigenvalue weighted by Gasteiger charge is 2.30. The molecule has 0 unspecified atom stereocenters. The van der Waals surface area contributed by atoms with Gasteiger partial charge < -0.3 is 10.2 Å². The van der Waals surface area contributed by atoms with Crippen LogP contribution in [0.15, 0.2) is 48.5 Å². The van der Waals surface area contributed by atoms with E-state index >= 15 is 0 Å². The van der Waals surface area contributed by atoms with Gasteiger partial charge in [-0.05, 0) is 48.6 Å². The van der Waals surface area contributed by atoms with Crippen molar-refractivity contribution in [3.63, 3.8) is 0 Å². The van der Waals surface area contributed by atoms with Gasteiger partial charge in [-0.1, -0.05) is 68.1 Å². The predicted octanol–water partition coefficient (Wildman–Crippen LogP) is 5.97. The Balaban J connectivity index is 1.70. The summed E-state index contributed by atoms with van der Waals surface area (Å²) in [6, 6.07) is 13.5. The molecule has 178 valence electrons. The van der Waals surface area contributed by atoms with Crippen molar-refractivity contribution in [2.75, 3.05) is 5.75 Å². The van der Waals surface area contributed by atoms with Crippen LogP contribution in [-0.4, -0.2) is 34.6 Å². The van der Waals surface area contributed by atoms with E-state index in [0.717, 1.165) is 31.2 Å². The minimum Gasteiger partial charge on any atom is -0.352 e. The molecule has 3 rings (SSSR count). The number of hydrogen-bond donors (Lipinski definition) is 1. The van der Waals surface area contributed by atoms with E-state index in [0.29, 0.717) is 29.3 Å². The largest absolute Gasteiger partial charge is 0.352 e. The maximum Gasteiger partial charge on any atom is 0.243 e. The summed E-state index contributed by atoms with van der Waals surface area (Å²) >= 11 is 7.38. The number of amides is 2. The SMILES string of the molecule is CC[C@H](C(=O)NC1CCCCC1)N(Cc1ccc(Cl)cc1)C(=O)CSCc1ccccc1F. The summed E-state index contributed by atoms with van der Waals surface area (Å²) in [6.45, 7) is 2.26. The Morgan fingerprint density at radius 2 is 1.82 bits per heavy atom. The average Bonchev–Trinajstić information content (AvgIpc) is 2.82. The predicted molar refractivity (Wildman–Crippen MR) is 134 cm³/mol. The van der Waals surface area contributed by atoms with Gasteiger partial charge in [0, 0.05) is 23.4 Å². The smallest absolute Gasteiger partial charge is 0.243 e. The zero-order valence-corrected chi connectivity index (χ0v) is 20.6. The highest BCUT2D eigenvalue weighted by atomic mass is 35.5. The summed E-state index contributed by atoms with van der Waals surface area (Å²) < 4.78 is 13.9. The van der Waals surface area contributed by atoms with Gasteiger partial charge in [-0.25, -0.2) is 4.39 Å². The van der Waals surface area contributed by atoms with E-state index < -0.39 is 6.04 Å². The molecule has 0 bridgehead atoms. The fourth-order valence-corrected chi connectivity index (χ4v) is 5.22. The van der Waals surface area contributed by atoms with Crippen LogP contribution in [0, 0.1) is 5.82 Å². The third-order valence-electron chi connectivity index (χ3n) is 6.04. The molecule has 1 N–H and O–H groups in total. The van der Waals surface area contributed by atoms with Crippen molar-refractivity contribution in [1.29, 1.82) is 0 Å². The number of hydrogen-bond acceptors (Lipinski definition) is 3. The summed E-state index contributed by atoms with van der Waals surface area (Å²) in [7, 11) is 0. The molecule has 2 aromatic rings. The standard InChI is InChI=1S/C26H32ClFN2O2S/c1-2-24(26(32)29-22-9-4-3-5-10-22)30(16-19-12-14-21(27)15-13-19)25(31)18-33-17-20-8-6-7-11-23(20)28/h6-8,11-15,22,24H,2-5,9-10,16-18H2,1H3,(H,29,32)/t24-/m1/s1. The van der Waals surface area contributed by atoms with Gasteiger partial charge in [0.2, 0.25) is 11.8 Å². The molecular weight excluding hydrogens is 459 g/mol. The lowest BCUT2D eigenvalue weighted by atomic mass is 9.95. The van der Waals surface area contributed by atoms with Crippen LogP contribution in [0.25, 0.3) is 0 Å². The van der Waals surface area contributed by atoms with Crippen LogP contribution in [0.5, 0.6) is 0 Å². The summed E-state index contributed by atoms with van der Waals surface area (Å²) in [6.07, 6.45) is 5.97. The number of nitrogens with one attached hydrogen (secondary N) is 1. The first-order valence-electron chi connectivity index (χ1n) is 11.6. The third-order valence-corrected chi connectivity index (χ3v) is 7.26. The van der Waals surface area contributed by atoms with Gasteiger partial charge in [0.15, 0.2) is 0 Å². The number of benzene rings is 2. The van der Waals surface area contributed by atoms with Crippen LogP contribution in [0.4, 0.5) is 4.39 Å². The summed E-state index contributed by atoms with van der Waals surface area (Å²) in [5.74, 6) is 0.0874.